The van der Waals surface area contributed by atoms with E-state index in [0.29, 0.717) is 24.1 Å². The van der Waals surface area contributed by atoms with Crippen molar-refractivity contribution >= 4 is 17.8 Å². The van der Waals surface area contributed by atoms with Gasteiger partial charge in [-0.05, 0) is 25.5 Å². The van der Waals surface area contributed by atoms with Gasteiger partial charge in [0.2, 0.25) is 0 Å². The van der Waals surface area contributed by atoms with E-state index in [9.17, 15) is 14.4 Å². The number of rotatable bonds is 3. The fraction of sp³-hybridized carbons (Fsp3) is 0.400. The van der Waals surface area contributed by atoms with Crippen LogP contribution in [0.3, 0.4) is 0 Å². The van der Waals surface area contributed by atoms with Crippen LogP contribution in [0.1, 0.15) is 34.1 Å². The summed E-state index contributed by atoms with van der Waals surface area (Å²) in [6.45, 7) is 2.55. The third-order valence-electron chi connectivity index (χ3n) is 4.40. The van der Waals surface area contributed by atoms with Crippen LogP contribution in [-0.4, -0.2) is 51.9 Å². The van der Waals surface area contributed by atoms with Crippen LogP contribution in [0.2, 0.25) is 0 Å². The second-order valence-electron chi connectivity index (χ2n) is 5.51. The second-order valence-corrected chi connectivity index (χ2v) is 5.51. The first kappa shape index (κ1) is 13.8. The van der Waals surface area contributed by atoms with E-state index in [2.05, 4.69) is 0 Å². The average molecular weight is 288 g/mol. The summed E-state index contributed by atoms with van der Waals surface area (Å²) in [4.78, 5) is 38.8. The number of imide groups is 1. The lowest BCUT2D eigenvalue weighted by molar-refractivity contribution is -0.142. The summed E-state index contributed by atoms with van der Waals surface area (Å²) in [6.07, 6.45) is 0.541. The quantitative estimate of drug-likeness (QED) is 0.841. The Hall–Kier alpha value is -2.21. The Morgan fingerprint density at radius 2 is 1.81 bits per heavy atom. The molecule has 0 aliphatic carbocycles. The highest BCUT2D eigenvalue weighted by atomic mass is 16.4. The zero-order valence-electron chi connectivity index (χ0n) is 11.7. The van der Waals surface area contributed by atoms with Gasteiger partial charge in [0.05, 0.1) is 23.7 Å². The fourth-order valence-electron chi connectivity index (χ4n) is 3.08. The van der Waals surface area contributed by atoms with Crippen LogP contribution >= 0.6 is 0 Å². The largest absolute Gasteiger partial charge is 0.481 e. The SMILES string of the molecule is CC1C(C(=O)O)CCN1CN1C(=O)c2ccccc2C1=O. The smallest absolute Gasteiger partial charge is 0.308 e. The molecule has 3 rings (SSSR count). The van der Waals surface area contributed by atoms with Gasteiger partial charge in [-0.3, -0.25) is 24.2 Å². The number of carbonyl (C=O) groups excluding carboxylic acids is 2. The summed E-state index contributed by atoms with van der Waals surface area (Å²) in [5, 5.41) is 9.13. The number of amides is 2. The van der Waals surface area contributed by atoms with E-state index in [1.807, 2.05) is 11.8 Å². The van der Waals surface area contributed by atoms with Gasteiger partial charge in [-0.15, -0.1) is 0 Å². The number of benzene rings is 1. The van der Waals surface area contributed by atoms with Crippen LogP contribution in [0.4, 0.5) is 0 Å². The summed E-state index contributed by atoms with van der Waals surface area (Å²) in [5.41, 5.74) is 0.841. The number of likely N-dealkylation sites (tertiary alicyclic amines) is 1. The lowest BCUT2D eigenvalue weighted by Gasteiger charge is -2.27. The molecule has 110 valence electrons. The molecule has 0 saturated carbocycles. The molecule has 2 unspecified atom stereocenters. The minimum absolute atomic E-state index is 0.150. The summed E-state index contributed by atoms with van der Waals surface area (Å²) in [5.74, 6) is -1.88. The van der Waals surface area contributed by atoms with Gasteiger partial charge in [-0.2, -0.15) is 0 Å². The molecule has 1 fully saturated rings. The molecule has 6 nitrogen and oxygen atoms in total. The molecule has 2 aliphatic rings. The third-order valence-corrected chi connectivity index (χ3v) is 4.40. The molecule has 1 aromatic carbocycles. The molecular weight excluding hydrogens is 272 g/mol. The topological polar surface area (TPSA) is 77.9 Å². The molecule has 21 heavy (non-hydrogen) atoms. The Labute approximate surface area is 122 Å². The predicted molar refractivity (Wildman–Crippen MR) is 73.7 cm³/mol. The Kier molecular flexibility index (Phi) is 3.25. The summed E-state index contributed by atoms with van der Waals surface area (Å²) in [7, 11) is 0. The highest BCUT2D eigenvalue weighted by Crippen LogP contribution is 2.27. The van der Waals surface area contributed by atoms with Crippen LogP contribution in [0.5, 0.6) is 0 Å². The first-order valence-electron chi connectivity index (χ1n) is 6.93. The van der Waals surface area contributed by atoms with Crippen molar-refractivity contribution in [2.24, 2.45) is 5.92 Å². The molecule has 1 aromatic rings. The van der Waals surface area contributed by atoms with Gasteiger partial charge in [-0.25, -0.2) is 0 Å². The van der Waals surface area contributed by atoms with E-state index in [1.54, 1.807) is 24.3 Å². The van der Waals surface area contributed by atoms with Crippen LogP contribution in [0.25, 0.3) is 0 Å². The highest BCUT2D eigenvalue weighted by Gasteiger charge is 2.41. The number of hydrogen-bond acceptors (Lipinski definition) is 4. The normalized spacial score (nSPS) is 25.5. The van der Waals surface area contributed by atoms with Crippen LogP contribution in [0, 0.1) is 5.92 Å². The van der Waals surface area contributed by atoms with Crippen molar-refractivity contribution in [3.63, 3.8) is 0 Å². The van der Waals surface area contributed by atoms with E-state index in [1.165, 1.54) is 4.90 Å². The molecule has 0 spiro atoms. The maximum Gasteiger partial charge on any atom is 0.308 e. The van der Waals surface area contributed by atoms with Crippen LogP contribution < -0.4 is 0 Å². The zero-order valence-corrected chi connectivity index (χ0v) is 11.7. The van der Waals surface area contributed by atoms with Gasteiger partial charge in [-0.1, -0.05) is 12.1 Å². The predicted octanol–water partition coefficient (Wildman–Crippen LogP) is 1.04. The Morgan fingerprint density at radius 3 is 2.29 bits per heavy atom. The molecule has 2 amide bonds. The maximum atomic E-state index is 12.3. The van der Waals surface area contributed by atoms with Crippen molar-refractivity contribution < 1.29 is 19.5 Å². The Bertz CT molecular complexity index is 593. The molecule has 2 aliphatic heterocycles. The van der Waals surface area contributed by atoms with Crippen LogP contribution in [-0.2, 0) is 4.79 Å². The monoisotopic (exact) mass is 288 g/mol. The molecule has 2 atom stereocenters. The number of nitrogens with zero attached hydrogens (tertiary/aromatic N) is 2. The Morgan fingerprint density at radius 1 is 1.24 bits per heavy atom. The van der Waals surface area contributed by atoms with Crippen molar-refractivity contribution in [2.75, 3.05) is 13.2 Å². The van der Waals surface area contributed by atoms with Gasteiger partial charge in [0.1, 0.15) is 0 Å². The average Bonchev–Trinajstić information content (AvgIpc) is 2.94. The molecule has 0 bridgehead atoms. The van der Waals surface area contributed by atoms with Gasteiger partial charge < -0.3 is 5.11 Å². The molecular formula is C15H16N2O4. The minimum atomic E-state index is -0.827. The number of carboxylic acid groups (broad SMARTS) is 1. The molecule has 1 N–H and O–H groups in total. The lowest BCUT2D eigenvalue weighted by atomic mass is 10.0. The summed E-state index contributed by atoms with van der Waals surface area (Å²) < 4.78 is 0. The van der Waals surface area contributed by atoms with Crippen molar-refractivity contribution in [1.29, 1.82) is 0 Å². The third kappa shape index (κ3) is 2.12. The van der Waals surface area contributed by atoms with Gasteiger partial charge in [0.15, 0.2) is 0 Å². The number of carboxylic acids is 1. The number of aliphatic carboxylic acids is 1. The Balaban J connectivity index is 1.77. The van der Waals surface area contributed by atoms with E-state index in [4.69, 9.17) is 5.11 Å². The van der Waals surface area contributed by atoms with Crippen molar-refractivity contribution in [2.45, 2.75) is 19.4 Å². The highest BCUT2D eigenvalue weighted by molar-refractivity contribution is 6.21. The van der Waals surface area contributed by atoms with E-state index >= 15 is 0 Å². The molecule has 1 saturated heterocycles. The number of carbonyl (C=O) groups is 3. The lowest BCUT2D eigenvalue weighted by Crippen LogP contribution is -2.44. The van der Waals surface area contributed by atoms with E-state index in [0.717, 1.165) is 0 Å². The number of hydrogen-bond donors (Lipinski definition) is 1. The summed E-state index contributed by atoms with van der Waals surface area (Å²) >= 11 is 0. The van der Waals surface area contributed by atoms with Gasteiger partial charge >= 0.3 is 5.97 Å². The standard InChI is InChI=1S/C15H16N2O4/c1-9-10(15(20)21)6-7-16(9)8-17-13(18)11-4-2-3-5-12(11)14(17)19/h2-5,9-10H,6-8H2,1H3,(H,20,21). The second kappa shape index (κ2) is 4.96. The molecule has 2 heterocycles. The number of fused-ring (bicyclic) bond motifs is 1. The first-order chi connectivity index (χ1) is 10.0. The van der Waals surface area contributed by atoms with Gasteiger partial charge in [0, 0.05) is 12.6 Å². The minimum Gasteiger partial charge on any atom is -0.481 e. The summed E-state index contributed by atoms with van der Waals surface area (Å²) in [6, 6.07) is 6.55. The molecule has 0 radical (unpaired) electrons. The molecule has 6 heteroatoms. The van der Waals surface area contributed by atoms with E-state index < -0.39 is 11.9 Å². The van der Waals surface area contributed by atoms with E-state index in [-0.39, 0.29) is 24.5 Å². The van der Waals surface area contributed by atoms with Crippen molar-refractivity contribution in [3.05, 3.63) is 35.4 Å². The molecule has 0 aromatic heterocycles. The zero-order chi connectivity index (χ0) is 15.1. The van der Waals surface area contributed by atoms with Crippen molar-refractivity contribution in [3.8, 4) is 0 Å². The maximum absolute atomic E-state index is 12.3. The van der Waals surface area contributed by atoms with Crippen molar-refractivity contribution in [1.82, 2.24) is 9.80 Å². The van der Waals surface area contributed by atoms with Gasteiger partial charge in [0.25, 0.3) is 11.8 Å². The first-order valence-corrected chi connectivity index (χ1v) is 6.93. The van der Waals surface area contributed by atoms with Crippen LogP contribution in [0.15, 0.2) is 24.3 Å². The fourth-order valence-corrected chi connectivity index (χ4v) is 3.08.